The van der Waals surface area contributed by atoms with Crippen molar-refractivity contribution >= 4 is 50.8 Å². The smallest absolute Gasteiger partial charge is 0.153 e. The van der Waals surface area contributed by atoms with Crippen molar-refractivity contribution in [2.75, 3.05) is 13.3 Å². The SMILES string of the molecule is O=C(C(CF)c1c[nH]c2c(Cl)cccc12)C(CF)c1c[nH]c2c(Cl)cccc12. The molecule has 144 valence electrons. The third-order valence-corrected chi connectivity index (χ3v) is 5.77. The fourth-order valence-corrected chi connectivity index (χ4v) is 4.18. The second-order valence-corrected chi connectivity index (χ2v) is 7.44. The Bertz CT molecular complexity index is 1080. The van der Waals surface area contributed by atoms with E-state index >= 15 is 0 Å². The van der Waals surface area contributed by atoms with Gasteiger partial charge in [-0.3, -0.25) is 4.79 Å². The van der Waals surface area contributed by atoms with Crippen LogP contribution < -0.4 is 0 Å². The number of nitrogens with one attached hydrogen (secondary N) is 2. The quantitative estimate of drug-likeness (QED) is 0.376. The summed E-state index contributed by atoms with van der Waals surface area (Å²) in [6.45, 7) is -1.87. The van der Waals surface area contributed by atoms with Gasteiger partial charge in [0.15, 0.2) is 5.78 Å². The summed E-state index contributed by atoms with van der Waals surface area (Å²) < 4.78 is 28.0. The third-order valence-electron chi connectivity index (χ3n) is 5.14. The highest BCUT2D eigenvalue weighted by molar-refractivity contribution is 6.35. The van der Waals surface area contributed by atoms with Crippen LogP contribution in [0.4, 0.5) is 8.78 Å². The van der Waals surface area contributed by atoms with Gasteiger partial charge in [-0.05, 0) is 23.3 Å². The van der Waals surface area contributed by atoms with Crippen LogP contribution in [0.2, 0.25) is 10.0 Å². The Morgan fingerprint density at radius 3 is 1.64 bits per heavy atom. The number of halogens is 4. The van der Waals surface area contributed by atoms with Gasteiger partial charge in [0.1, 0.15) is 13.3 Å². The molecule has 0 bridgehead atoms. The first kappa shape index (κ1) is 19.0. The maximum atomic E-state index is 14.0. The lowest BCUT2D eigenvalue weighted by atomic mass is 9.84. The van der Waals surface area contributed by atoms with Crippen molar-refractivity contribution in [1.82, 2.24) is 9.97 Å². The van der Waals surface area contributed by atoms with E-state index in [4.69, 9.17) is 23.2 Å². The fraction of sp³-hybridized carbons (Fsp3) is 0.190. The molecule has 0 radical (unpaired) electrons. The predicted octanol–water partition coefficient (Wildman–Crippen LogP) is 6.33. The lowest BCUT2D eigenvalue weighted by Gasteiger charge is -2.18. The summed E-state index contributed by atoms with van der Waals surface area (Å²) in [5.41, 5.74) is 2.20. The molecule has 0 saturated heterocycles. The van der Waals surface area contributed by atoms with Gasteiger partial charge in [0.25, 0.3) is 0 Å². The molecule has 2 N–H and O–H groups in total. The molecule has 2 aromatic carbocycles. The van der Waals surface area contributed by atoms with Gasteiger partial charge < -0.3 is 9.97 Å². The second kappa shape index (κ2) is 7.57. The highest BCUT2D eigenvalue weighted by atomic mass is 35.5. The number of hydrogen-bond acceptors (Lipinski definition) is 1. The molecule has 28 heavy (non-hydrogen) atoms. The molecule has 0 aliphatic rings. The number of rotatable bonds is 6. The summed E-state index contributed by atoms with van der Waals surface area (Å²) in [6.07, 6.45) is 3.14. The van der Waals surface area contributed by atoms with E-state index in [1.54, 1.807) is 48.8 Å². The minimum absolute atomic E-state index is 0.473. The molecule has 3 nitrogen and oxygen atoms in total. The average molecular weight is 421 g/mol. The van der Waals surface area contributed by atoms with Crippen LogP contribution in [0.3, 0.4) is 0 Å². The van der Waals surface area contributed by atoms with E-state index in [0.29, 0.717) is 43.0 Å². The molecule has 4 aromatic rings. The molecule has 2 heterocycles. The number of aromatic nitrogens is 2. The van der Waals surface area contributed by atoms with Crippen LogP contribution in [0, 0.1) is 0 Å². The minimum Gasteiger partial charge on any atom is -0.360 e. The number of benzene rings is 2. The highest BCUT2D eigenvalue weighted by Crippen LogP contribution is 2.36. The molecule has 0 aliphatic heterocycles. The summed E-state index contributed by atoms with van der Waals surface area (Å²) in [5, 5.41) is 2.26. The lowest BCUT2D eigenvalue weighted by Crippen LogP contribution is -2.23. The Morgan fingerprint density at radius 2 is 1.25 bits per heavy atom. The lowest BCUT2D eigenvalue weighted by molar-refractivity contribution is -0.122. The zero-order chi connectivity index (χ0) is 19.8. The normalized spacial score (nSPS) is 13.9. The first-order valence-corrected chi connectivity index (χ1v) is 9.49. The molecule has 2 aromatic heterocycles. The number of aromatic amines is 2. The van der Waals surface area contributed by atoms with Gasteiger partial charge in [-0.1, -0.05) is 47.5 Å². The number of alkyl halides is 2. The van der Waals surface area contributed by atoms with E-state index in [9.17, 15) is 13.6 Å². The van der Waals surface area contributed by atoms with Crippen LogP contribution in [-0.2, 0) is 4.79 Å². The summed E-state index contributed by atoms with van der Waals surface area (Å²) in [5.74, 6) is -2.72. The van der Waals surface area contributed by atoms with Crippen LogP contribution in [-0.4, -0.2) is 29.1 Å². The Balaban J connectivity index is 1.78. The summed E-state index contributed by atoms with van der Waals surface area (Å²) in [6, 6.07) is 10.4. The van der Waals surface area contributed by atoms with Gasteiger partial charge in [0.2, 0.25) is 0 Å². The molecule has 0 amide bonds. The van der Waals surface area contributed by atoms with Gasteiger partial charge in [-0.15, -0.1) is 0 Å². The number of hydrogen-bond donors (Lipinski definition) is 2. The van der Waals surface area contributed by atoms with E-state index in [1.807, 2.05) is 0 Å². The van der Waals surface area contributed by atoms with Crippen LogP contribution in [0.5, 0.6) is 0 Å². The first-order chi connectivity index (χ1) is 13.6. The largest absolute Gasteiger partial charge is 0.360 e. The number of para-hydroxylation sites is 2. The molecular weight excluding hydrogens is 405 g/mol. The molecule has 0 spiro atoms. The Labute approximate surface area is 169 Å². The monoisotopic (exact) mass is 420 g/mol. The first-order valence-electron chi connectivity index (χ1n) is 8.73. The molecule has 0 aliphatic carbocycles. The number of H-pyrrole nitrogens is 2. The van der Waals surface area contributed by atoms with Crippen molar-refractivity contribution in [2.45, 2.75) is 11.8 Å². The Hall–Kier alpha value is -2.37. The van der Waals surface area contributed by atoms with E-state index in [-0.39, 0.29) is 0 Å². The van der Waals surface area contributed by atoms with Gasteiger partial charge in [-0.2, -0.15) is 0 Å². The van der Waals surface area contributed by atoms with E-state index in [0.717, 1.165) is 0 Å². The summed E-state index contributed by atoms with van der Waals surface area (Å²) in [4.78, 5) is 19.2. The molecule has 7 heteroatoms. The fourth-order valence-electron chi connectivity index (χ4n) is 3.72. The standard InChI is InChI=1S/C21H16Cl2F2N2O/c22-17-5-1-3-11-15(9-26-19(11)17)13(7-24)21(28)14(8-25)16-10-27-20-12(16)4-2-6-18(20)23/h1-6,9-10,13-14,26-27H,7-8H2. The summed E-state index contributed by atoms with van der Waals surface area (Å²) >= 11 is 12.3. The van der Waals surface area contributed by atoms with Crippen molar-refractivity contribution in [1.29, 1.82) is 0 Å². The molecule has 2 unspecified atom stereocenters. The van der Waals surface area contributed by atoms with Crippen LogP contribution >= 0.6 is 23.2 Å². The number of carbonyl (C=O) groups is 1. The molecule has 0 saturated carbocycles. The van der Waals surface area contributed by atoms with Crippen molar-refractivity contribution in [2.24, 2.45) is 0 Å². The zero-order valence-electron chi connectivity index (χ0n) is 14.6. The molecular formula is C21H16Cl2F2N2O. The molecule has 0 fully saturated rings. The van der Waals surface area contributed by atoms with Gasteiger partial charge >= 0.3 is 0 Å². The van der Waals surface area contributed by atoms with Crippen molar-refractivity contribution in [3.05, 3.63) is 70.0 Å². The maximum absolute atomic E-state index is 14.0. The van der Waals surface area contributed by atoms with Gasteiger partial charge in [-0.25, -0.2) is 8.78 Å². The van der Waals surface area contributed by atoms with E-state index in [2.05, 4.69) is 9.97 Å². The van der Waals surface area contributed by atoms with Gasteiger partial charge in [0.05, 0.1) is 32.9 Å². The number of ketones is 1. The highest BCUT2D eigenvalue weighted by Gasteiger charge is 2.32. The molecule has 4 rings (SSSR count). The maximum Gasteiger partial charge on any atom is 0.153 e. The summed E-state index contributed by atoms with van der Waals surface area (Å²) in [7, 11) is 0. The van der Waals surface area contributed by atoms with Crippen LogP contribution in [0.15, 0.2) is 48.8 Å². The second-order valence-electron chi connectivity index (χ2n) is 6.63. The van der Waals surface area contributed by atoms with Crippen molar-refractivity contribution in [3.8, 4) is 0 Å². The number of carbonyl (C=O) groups excluding carboxylic acids is 1. The minimum atomic E-state index is -1.10. The number of fused-ring (bicyclic) bond motifs is 2. The molecule has 2 atom stereocenters. The predicted molar refractivity (Wildman–Crippen MR) is 109 cm³/mol. The van der Waals surface area contributed by atoms with E-state index < -0.39 is 31.0 Å². The zero-order valence-corrected chi connectivity index (χ0v) is 16.1. The van der Waals surface area contributed by atoms with Crippen molar-refractivity contribution < 1.29 is 13.6 Å². The third kappa shape index (κ3) is 2.99. The van der Waals surface area contributed by atoms with Crippen LogP contribution in [0.25, 0.3) is 21.8 Å². The van der Waals surface area contributed by atoms with Crippen LogP contribution in [0.1, 0.15) is 23.0 Å². The topological polar surface area (TPSA) is 48.6 Å². The Kier molecular flexibility index (Phi) is 5.13. The van der Waals surface area contributed by atoms with Crippen molar-refractivity contribution in [3.63, 3.8) is 0 Å². The van der Waals surface area contributed by atoms with Gasteiger partial charge in [0, 0.05) is 23.2 Å². The Morgan fingerprint density at radius 1 is 0.821 bits per heavy atom. The number of Topliss-reactive ketones (excluding diaryl/α,β-unsaturated/α-hetero) is 1. The van der Waals surface area contributed by atoms with E-state index in [1.165, 1.54) is 0 Å². The average Bonchev–Trinajstić information content (AvgIpc) is 3.30.